The van der Waals surface area contributed by atoms with Crippen LogP contribution in [0.25, 0.3) is 0 Å². The molecule has 7 heteroatoms. The predicted octanol–water partition coefficient (Wildman–Crippen LogP) is 5.29. The molecule has 1 aliphatic carbocycles. The van der Waals surface area contributed by atoms with E-state index in [2.05, 4.69) is 10.6 Å². The zero-order chi connectivity index (χ0) is 22.1. The Hall–Kier alpha value is -2.93. The van der Waals surface area contributed by atoms with E-state index in [1.54, 1.807) is 18.7 Å². The molecule has 0 radical (unpaired) electrons. The molecule has 160 valence electrons. The largest absolute Gasteiger partial charge is 0.362 e. The van der Waals surface area contributed by atoms with Crippen molar-refractivity contribution in [3.63, 3.8) is 0 Å². The molecular weight excluding hydrogens is 418 g/mol. The zero-order valence-corrected chi connectivity index (χ0v) is 18.0. The number of Topliss-reactive ketones (excluding diaryl/α,β-unsaturated/α-hetero) is 1. The molecule has 4 nitrogen and oxygen atoms in total. The molecule has 2 N–H and O–H groups in total. The Morgan fingerprint density at radius 1 is 1.10 bits per heavy atom. The number of thioether (sulfide) groups is 1. The second-order valence-electron chi connectivity index (χ2n) is 7.59. The van der Waals surface area contributed by atoms with Gasteiger partial charge >= 0.3 is 0 Å². The third-order valence-electron chi connectivity index (χ3n) is 5.67. The van der Waals surface area contributed by atoms with Gasteiger partial charge in [0.1, 0.15) is 17.3 Å². The van der Waals surface area contributed by atoms with Crippen LogP contribution in [0, 0.1) is 11.6 Å². The summed E-state index contributed by atoms with van der Waals surface area (Å²) in [5, 5.41) is 5.59. The molecule has 2 aromatic rings. The second-order valence-corrected chi connectivity index (χ2v) is 8.47. The summed E-state index contributed by atoms with van der Waals surface area (Å²) in [5.41, 5.74) is 2.53. The van der Waals surface area contributed by atoms with Gasteiger partial charge in [-0.25, -0.2) is 8.78 Å². The SMILES string of the molecule is CSc1ccc(C2C(C(=O)Nc3c(F)cccc3F)=C(C)NC3=C2C(=O)CCC3)cc1. The number of anilines is 1. The molecule has 31 heavy (non-hydrogen) atoms. The van der Waals surface area contributed by atoms with Crippen LogP contribution in [0.3, 0.4) is 0 Å². The quantitative estimate of drug-likeness (QED) is 0.634. The van der Waals surface area contributed by atoms with E-state index in [1.807, 2.05) is 30.5 Å². The number of rotatable bonds is 4. The van der Waals surface area contributed by atoms with Crippen LogP contribution < -0.4 is 10.6 Å². The predicted molar refractivity (Wildman–Crippen MR) is 118 cm³/mol. The fourth-order valence-electron chi connectivity index (χ4n) is 4.21. The smallest absolute Gasteiger partial charge is 0.254 e. The van der Waals surface area contributed by atoms with Crippen molar-refractivity contribution in [3.05, 3.63) is 82.2 Å². The monoisotopic (exact) mass is 440 g/mol. The fraction of sp³-hybridized carbons (Fsp3) is 0.250. The highest BCUT2D eigenvalue weighted by atomic mass is 32.2. The number of nitrogens with one attached hydrogen (secondary N) is 2. The minimum absolute atomic E-state index is 0.0115. The molecule has 1 aliphatic heterocycles. The minimum Gasteiger partial charge on any atom is -0.362 e. The summed E-state index contributed by atoms with van der Waals surface area (Å²) in [6, 6.07) is 11.1. The van der Waals surface area contributed by atoms with Crippen LogP contribution in [-0.2, 0) is 9.59 Å². The molecule has 2 aliphatic rings. The van der Waals surface area contributed by atoms with E-state index in [4.69, 9.17) is 0 Å². The molecule has 0 saturated carbocycles. The Balaban J connectivity index is 1.80. The molecule has 0 saturated heterocycles. The van der Waals surface area contributed by atoms with E-state index >= 15 is 0 Å². The first-order chi connectivity index (χ1) is 14.9. The number of carbonyl (C=O) groups is 2. The first-order valence-corrected chi connectivity index (χ1v) is 11.3. The van der Waals surface area contributed by atoms with Crippen molar-refractivity contribution >= 4 is 29.1 Å². The molecule has 1 heterocycles. The van der Waals surface area contributed by atoms with Crippen LogP contribution in [0.4, 0.5) is 14.5 Å². The van der Waals surface area contributed by atoms with Crippen LogP contribution >= 0.6 is 11.8 Å². The number of halogens is 2. The van der Waals surface area contributed by atoms with Gasteiger partial charge in [0.25, 0.3) is 5.91 Å². The molecular formula is C24H22F2N2O2S. The maximum atomic E-state index is 14.2. The molecule has 0 aromatic heterocycles. The van der Waals surface area contributed by atoms with Crippen molar-refractivity contribution in [2.45, 2.75) is 37.0 Å². The number of para-hydroxylation sites is 1. The van der Waals surface area contributed by atoms with Crippen molar-refractivity contribution in [2.75, 3.05) is 11.6 Å². The summed E-state index contributed by atoms with van der Waals surface area (Å²) in [5.74, 6) is -2.97. The summed E-state index contributed by atoms with van der Waals surface area (Å²) in [7, 11) is 0. The molecule has 2 aromatic carbocycles. The summed E-state index contributed by atoms with van der Waals surface area (Å²) in [4.78, 5) is 27.2. The van der Waals surface area contributed by atoms with Gasteiger partial charge in [-0.1, -0.05) is 18.2 Å². The van der Waals surface area contributed by atoms with Crippen molar-refractivity contribution in [2.24, 2.45) is 0 Å². The number of ketones is 1. The van der Waals surface area contributed by atoms with Crippen molar-refractivity contribution in [1.82, 2.24) is 5.32 Å². The Labute approximate surface area is 183 Å². The number of hydrogen-bond acceptors (Lipinski definition) is 4. The van der Waals surface area contributed by atoms with E-state index in [1.165, 1.54) is 6.07 Å². The molecule has 1 atom stereocenters. The highest BCUT2D eigenvalue weighted by Gasteiger charge is 2.38. The number of allylic oxidation sites excluding steroid dienone is 3. The summed E-state index contributed by atoms with van der Waals surface area (Å²) >= 11 is 1.59. The molecule has 0 bridgehead atoms. The normalized spacial score (nSPS) is 18.6. The fourth-order valence-corrected chi connectivity index (χ4v) is 4.62. The standard InChI is InChI=1S/C24H22F2N2O2S/c1-13-20(24(30)28-23-16(25)5-3-6-17(23)26)21(14-9-11-15(31-2)12-10-14)22-18(27-13)7-4-8-19(22)29/h3,5-6,9-12,21,27H,4,7-8H2,1-2H3,(H,28,30). The maximum Gasteiger partial charge on any atom is 0.254 e. The summed E-state index contributed by atoms with van der Waals surface area (Å²) in [6.45, 7) is 1.75. The number of carbonyl (C=O) groups excluding carboxylic acids is 2. The molecule has 1 amide bonds. The van der Waals surface area contributed by atoms with Gasteiger partial charge in [-0.05, 0) is 55.9 Å². The van der Waals surface area contributed by atoms with E-state index < -0.39 is 29.1 Å². The maximum absolute atomic E-state index is 14.2. The van der Waals surface area contributed by atoms with Gasteiger partial charge in [0, 0.05) is 39.8 Å². The Kier molecular flexibility index (Phi) is 5.96. The van der Waals surface area contributed by atoms with Crippen LogP contribution in [0.2, 0.25) is 0 Å². The third-order valence-corrected chi connectivity index (χ3v) is 6.41. The van der Waals surface area contributed by atoms with Crippen LogP contribution in [-0.4, -0.2) is 17.9 Å². The van der Waals surface area contributed by atoms with Gasteiger partial charge in [0.2, 0.25) is 0 Å². The second kappa shape index (κ2) is 8.67. The first-order valence-electron chi connectivity index (χ1n) is 10.0. The van der Waals surface area contributed by atoms with Gasteiger partial charge in [-0.3, -0.25) is 9.59 Å². The highest BCUT2D eigenvalue weighted by Crippen LogP contribution is 2.42. The highest BCUT2D eigenvalue weighted by molar-refractivity contribution is 7.98. The van der Waals surface area contributed by atoms with Crippen molar-refractivity contribution in [1.29, 1.82) is 0 Å². The van der Waals surface area contributed by atoms with Crippen LogP contribution in [0.5, 0.6) is 0 Å². The summed E-state index contributed by atoms with van der Waals surface area (Å²) < 4.78 is 28.3. The number of benzene rings is 2. The average molecular weight is 441 g/mol. The van der Waals surface area contributed by atoms with E-state index in [0.717, 1.165) is 34.7 Å². The number of hydrogen-bond donors (Lipinski definition) is 2. The Morgan fingerprint density at radius 2 is 1.77 bits per heavy atom. The summed E-state index contributed by atoms with van der Waals surface area (Å²) in [6.07, 6.45) is 3.85. The van der Waals surface area contributed by atoms with Crippen LogP contribution in [0.15, 0.2) is 69.9 Å². The molecule has 4 rings (SSSR count). The van der Waals surface area contributed by atoms with Gasteiger partial charge in [0.15, 0.2) is 5.78 Å². The van der Waals surface area contributed by atoms with E-state index in [9.17, 15) is 18.4 Å². The van der Waals surface area contributed by atoms with Gasteiger partial charge in [0.05, 0.1) is 0 Å². The Bertz CT molecular complexity index is 1100. The van der Waals surface area contributed by atoms with Crippen molar-refractivity contribution in [3.8, 4) is 0 Å². The van der Waals surface area contributed by atoms with Crippen LogP contribution in [0.1, 0.15) is 37.7 Å². The lowest BCUT2D eigenvalue weighted by atomic mass is 9.75. The lowest BCUT2D eigenvalue weighted by molar-refractivity contribution is -0.116. The topological polar surface area (TPSA) is 58.2 Å². The van der Waals surface area contributed by atoms with E-state index in [0.29, 0.717) is 24.1 Å². The number of amides is 1. The molecule has 1 unspecified atom stereocenters. The first kappa shape index (κ1) is 21.3. The molecule has 0 fully saturated rings. The lowest BCUT2D eigenvalue weighted by Gasteiger charge is -2.34. The third kappa shape index (κ3) is 4.02. The molecule has 0 spiro atoms. The average Bonchev–Trinajstić information content (AvgIpc) is 2.75. The van der Waals surface area contributed by atoms with Gasteiger partial charge in [-0.2, -0.15) is 0 Å². The van der Waals surface area contributed by atoms with E-state index in [-0.39, 0.29) is 11.4 Å². The van der Waals surface area contributed by atoms with Crippen molar-refractivity contribution < 1.29 is 18.4 Å². The minimum atomic E-state index is -0.857. The van der Waals surface area contributed by atoms with Gasteiger partial charge in [-0.15, -0.1) is 11.8 Å². The Morgan fingerprint density at radius 3 is 2.42 bits per heavy atom. The number of dihydropyridines is 1. The zero-order valence-electron chi connectivity index (χ0n) is 17.2. The lowest BCUT2D eigenvalue weighted by Crippen LogP contribution is -2.35. The van der Waals surface area contributed by atoms with Gasteiger partial charge < -0.3 is 10.6 Å².